The maximum Gasteiger partial charge on any atom is 0.183 e. The van der Waals surface area contributed by atoms with Gasteiger partial charge in [-0.3, -0.25) is 0 Å². The molecule has 0 aliphatic heterocycles. The lowest BCUT2D eigenvalue weighted by Gasteiger charge is -2.14. The van der Waals surface area contributed by atoms with E-state index in [1.807, 2.05) is 47.9 Å². The number of imidazole rings is 1. The third-order valence-electron chi connectivity index (χ3n) is 6.03. The first-order chi connectivity index (χ1) is 17.6. The Morgan fingerprint density at radius 2 is 1.67 bits per heavy atom. The van der Waals surface area contributed by atoms with E-state index < -0.39 is 0 Å². The van der Waals surface area contributed by atoms with Gasteiger partial charge in [-0.15, -0.1) is 5.10 Å². The molecule has 0 saturated heterocycles. The van der Waals surface area contributed by atoms with Crippen LogP contribution in [0.15, 0.2) is 61.1 Å². The van der Waals surface area contributed by atoms with Gasteiger partial charge >= 0.3 is 0 Å². The van der Waals surface area contributed by atoms with Gasteiger partial charge in [0.25, 0.3) is 0 Å². The van der Waals surface area contributed by atoms with Crippen molar-refractivity contribution in [2.75, 3.05) is 14.2 Å². The largest absolute Gasteiger partial charge is 0.380 e. The minimum absolute atomic E-state index is 0.310. The van der Waals surface area contributed by atoms with Crippen molar-refractivity contribution in [1.29, 1.82) is 0 Å². The number of nitrogens with zero attached hydrogens (tertiary/aromatic N) is 6. The number of aryl methyl sites for hydroxylation is 1. The van der Waals surface area contributed by atoms with Gasteiger partial charge in [-0.05, 0) is 53.9 Å². The van der Waals surface area contributed by atoms with Crippen molar-refractivity contribution >= 4 is 11.2 Å². The van der Waals surface area contributed by atoms with Crippen molar-refractivity contribution in [3.8, 4) is 33.5 Å². The predicted octanol–water partition coefficient (Wildman–Crippen LogP) is 5.07. The zero-order valence-electron chi connectivity index (χ0n) is 20.3. The molecule has 0 unspecified atom stereocenters. The minimum atomic E-state index is -0.329. The van der Waals surface area contributed by atoms with Crippen LogP contribution in [0.25, 0.3) is 44.7 Å². The summed E-state index contributed by atoms with van der Waals surface area (Å²) in [6, 6.07) is 14.6. The third-order valence-corrected chi connectivity index (χ3v) is 6.03. The highest BCUT2D eigenvalue weighted by atomic mass is 19.1. The second-order valence-electron chi connectivity index (χ2n) is 8.30. The second kappa shape index (κ2) is 10.3. The topological polar surface area (TPSA) is 87.8 Å². The van der Waals surface area contributed by atoms with Crippen LogP contribution in [0.3, 0.4) is 0 Å². The average Bonchev–Trinajstić information content (AvgIpc) is 3.34. The first-order valence-corrected chi connectivity index (χ1v) is 11.5. The Morgan fingerprint density at radius 3 is 2.42 bits per heavy atom. The molecule has 0 aliphatic rings. The average molecular weight is 485 g/mol. The summed E-state index contributed by atoms with van der Waals surface area (Å²) in [5, 5.41) is 16.9. The van der Waals surface area contributed by atoms with Gasteiger partial charge < -0.3 is 14.0 Å². The number of rotatable bonds is 8. The van der Waals surface area contributed by atoms with E-state index in [1.165, 1.54) is 6.07 Å². The summed E-state index contributed by atoms with van der Waals surface area (Å²) in [6.45, 7) is 3.46. The lowest BCUT2D eigenvalue weighted by Crippen LogP contribution is -1.99. The fourth-order valence-corrected chi connectivity index (χ4v) is 4.24. The van der Waals surface area contributed by atoms with Crippen LogP contribution in [-0.2, 0) is 29.2 Å². The van der Waals surface area contributed by atoms with Gasteiger partial charge in [0, 0.05) is 37.5 Å². The Balaban J connectivity index is 1.58. The number of aromatic nitrogens is 6. The number of hydrogen-bond donors (Lipinski definition) is 0. The molecule has 5 aromatic rings. The maximum absolute atomic E-state index is 15.2. The normalized spacial score (nSPS) is 11.3. The molecule has 36 heavy (non-hydrogen) atoms. The van der Waals surface area contributed by atoms with Gasteiger partial charge in [0.1, 0.15) is 11.3 Å². The molecule has 3 aromatic heterocycles. The summed E-state index contributed by atoms with van der Waals surface area (Å²) in [5.41, 5.74) is 7.39. The Morgan fingerprint density at radius 1 is 0.833 bits per heavy atom. The highest BCUT2D eigenvalue weighted by Crippen LogP contribution is 2.35. The van der Waals surface area contributed by atoms with Gasteiger partial charge in [-0.2, -0.15) is 15.3 Å². The molecule has 0 saturated carbocycles. The Bertz CT molecular complexity index is 1520. The van der Waals surface area contributed by atoms with Crippen LogP contribution >= 0.6 is 0 Å². The van der Waals surface area contributed by atoms with Crippen molar-refractivity contribution in [3.05, 3.63) is 78.1 Å². The number of fused-ring (bicyclic) bond motifs is 1. The van der Waals surface area contributed by atoms with E-state index in [-0.39, 0.29) is 5.82 Å². The molecule has 0 radical (unpaired) electrons. The van der Waals surface area contributed by atoms with Crippen molar-refractivity contribution in [2.45, 2.75) is 26.7 Å². The molecule has 0 spiro atoms. The Hall–Kier alpha value is -4.08. The lowest BCUT2D eigenvalue weighted by molar-refractivity contribution is 0.180. The third kappa shape index (κ3) is 4.46. The van der Waals surface area contributed by atoms with Crippen LogP contribution < -0.4 is 0 Å². The molecule has 0 atom stereocenters. The maximum atomic E-state index is 15.2. The molecule has 0 amide bonds. The van der Waals surface area contributed by atoms with Gasteiger partial charge in [0.2, 0.25) is 0 Å². The van der Waals surface area contributed by atoms with Crippen LogP contribution in [0.5, 0.6) is 0 Å². The van der Waals surface area contributed by atoms with Crippen molar-refractivity contribution in [1.82, 2.24) is 29.9 Å². The van der Waals surface area contributed by atoms with Crippen molar-refractivity contribution in [3.63, 3.8) is 0 Å². The van der Waals surface area contributed by atoms with Crippen LogP contribution in [0, 0.1) is 5.82 Å². The fourth-order valence-electron chi connectivity index (χ4n) is 4.24. The van der Waals surface area contributed by atoms with Crippen LogP contribution in [0.4, 0.5) is 4.39 Å². The second-order valence-corrected chi connectivity index (χ2v) is 8.30. The molecule has 2 aromatic carbocycles. The first-order valence-electron chi connectivity index (χ1n) is 11.5. The molecule has 3 heterocycles. The van der Waals surface area contributed by atoms with Gasteiger partial charge in [0.05, 0.1) is 37.1 Å². The molecular weight excluding hydrogens is 459 g/mol. The highest BCUT2D eigenvalue weighted by Gasteiger charge is 2.16. The number of hydrogen-bond acceptors (Lipinski definition) is 7. The van der Waals surface area contributed by atoms with Gasteiger partial charge in [-0.1, -0.05) is 18.2 Å². The predicted molar refractivity (Wildman–Crippen MR) is 134 cm³/mol. The molecule has 0 N–H and O–H groups in total. The van der Waals surface area contributed by atoms with E-state index in [9.17, 15) is 0 Å². The monoisotopic (exact) mass is 484 g/mol. The summed E-state index contributed by atoms with van der Waals surface area (Å²) in [5.74, 6) is -0.329. The lowest BCUT2D eigenvalue weighted by atomic mass is 9.94. The van der Waals surface area contributed by atoms with E-state index in [0.29, 0.717) is 30.1 Å². The van der Waals surface area contributed by atoms with Crippen LogP contribution in [-0.4, -0.2) is 44.2 Å². The summed E-state index contributed by atoms with van der Waals surface area (Å²) >= 11 is 0. The minimum Gasteiger partial charge on any atom is -0.380 e. The summed E-state index contributed by atoms with van der Waals surface area (Å²) < 4.78 is 27.7. The van der Waals surface area contributed by atoms with Crippen LogP contribution in [0.2, 0.25) is 0 Å². The molecule has 5 rings (SSSR count). The molecule has 0 aliphatic carbocycles. The van der Waals surface area contributed by atoms with E-state index in [4.69, 9.17) is 9.47 Å². The van der Waals surface area contributed by atoms with Crippen molar-refractivity contribution < 1.29 is 13.9 Å². The SMILES string of the molecule is CCn1cnc2c(-c3ccc(F)c(-c4ccc(-c5ccc(COC)nn5)cc4COC)c3)cnnc21. The summed E-state index contributed by atoms with van der Waals surface area (Å²) in [4.78, 5) is 4.53. The standard InChI is InChI=1S/C27H25FN6O2/c1-4-34-16-29-26-23(13-30-33-27(26)34)17-6-9-24(28)22(12-17)21-8-5-18(11-19(21)14-35-2)25-10-7-20(15-36-3)31-32-25/h5-13,16H,4,14-15H2,1-3H3. The zero-order chi connectivity index (χ0) is 25.1. The Kier molecular flexibility index (Phi) is 6.75. The highest BCUT2D eigenvalue weighted by molar-refractivity contribution is 5.90. The number of halogens is 1. The summed E-state index contributed by atoms with van der Waals surface area (Å²) in [6.07, 6.45) is 3.41. The van der Waals surface area contributed by atoms with Gasteiger partial charge in [0.15, 0.2) is 5.65 Å². The smallest absolute Gasteiger partial charge is 0.183 e. The fraction of sp³-hybridized carbons (Fsp3) is 0.222. The van der Waals surface area contributed by atoms with Crippen molar-refractivity contribution in [2.24, 2.45) is 0 Å². The molecule has 182 valence electrons. The van der Waals surface area contributed by atoms with E-state index in [1.54, 1.807) is 32.8 Å². The van der Waals surface area contributed by atoms with E-state index in [2.05, 4.69) is 25.4 Å². The summed E-state index contributed by atoms with van der Waals surface area (Å²) in [7, 11) is 3.23. The number of ether oxygens (including phenoxy) is 2. The molecular formula is C27H25FN6O2. The molecule has 8 nitrogen and oxygen atoms in total. The quantitative estimate of drug-likeness (QED) is 0.304. The zero-order valence-corrected chi connectivity index (χ0v) is 20.3. The molecule has 9 heteroatoms. The Labute approximate surface area is 207 Å². The van der Waals surface area contributed by atoms with Gasteiger partial charge in [-0.25, -0.2) is 9.37 Å². The number of benzene rings is 2. The first kappa shape index (κ1) is 23.7. The molecule has 0 fully saturated rings. The van der Waals surface area contributed by atoms with E-state index in [0.717, 1.165) is 45.6 Å². The van der Waals surface area contributed by atoms with Crippen LogP contribution in [0.1, 0.15) is 18.2 Å². The van der Waals surface area contributed by atoms with E-state index >= 15 is 4.39 Å². The number of methoxy groups -OCH3 is 2. The molecule has 0 bridgehead atoms.